The number of aryl methyl sites for hydroxylation is 1. The molecule has 0 unspecified atom stereocenters. The predicted molar refractivity (Wildman–Crippen MR) is 140 cm³/mol. The summed E-state index contributed by atoms with van der Waals surface area (Å²) in [7, 11) is 0. The van der Waals surface area contributed by atoms with Crippen molar-refractivity contribution >= 4 is 23.2 Å². The lowest BCUT2D eigenvalue weighted by Gasteiger charge is -2.19. The fourth-order valence-electron chi connectivity index (χ4n) is 4.05. The second-order valence-corrected chi connectivity index (χ2v) is 9.52. The number of carboxylic acid groups (broad SMARTS) is 1. The number of halogens is 3. The Bertz CT molecular complexity index is 1530. The highest BCUT2D eigenvalue weighted by Gasteiger charge is 2.38. The standard InChI is InChI=1S/C25H27N5O4.C2HF3O2/c1-15(2)34-22-11-23-27-19(17-5-8-32-9-6-17)12-30(23)13-20(22)28-24(31)21-14-33-25(29-21)18-4-7-26-16(3)10-18;3-2(4,5)1(6)7/h4,7,10-15,17H,5-6,8-9H2,1-3H3,(H,28,31);(H,6,7). The largest absolute Gasteiger partial charge is 0.490 e. The van der Waals surface area contributed by atoms with Gasteiger partial charge in [-0.1, -0.05) is 0 Å². The first-order valence-corrected chi connectivity index (χ1v) is 12.7. The topological polar surface area (TPSA) is 141 Å². The highest BCUT2D eigenvalue weighted by atomic mass is 19.4. The van der Waals surface area contributed by atoms with Crippen molar-refractivity contribution in [1.29, 1.82) is 0 Å². The molecule has 1 aliphatic heterocycles. The second-order valence-electron chi connectivity index (χ2n) is 9.52. The van der Waals surface area contributed by atoms with Crippen molar-refractivity contribution in [3.05, 3.63) is 60.1 Å². The van der Waals surface area contributed by atoms with Crippen LogP contribution >= 0.6 is 0 Å². The summed E-state index contributed by atoms with van der Waals surface area (Å²) in [6.45, 7) is 7.27. The van der Waals surface area contributed by atoms with Crippen LogP contribution in [0.2, 0.25) is 0 Å². The van der Waals surface area contributed by atoms with E-state index in [9.17, 15) is 18.0 Å². The lowest BCUT2D eigenvalue weighted by atomic mass is 9.97. The number of nitrogens with one attached hydrogen (secondary N) is 1. The van der Waals surface area contributed by atoms with Gasteiger partial charge in [0, 0.05) is 55.0 Å². The normalized spacial score (nSPS) is 14.0. The van der Waals surface area contributed by atoms with Crippen molar-refractivity contribution in [2.45, 2.75) is 51.8 Å². The van der Waals surface area contributed by atoms with Crippen molar-refractivity contribution in [3.63, 3.8) is 0 Å². The monoisotopic (exact) mass is 575 g/mol. The number of ether oxygens (including phenoxy) is 2. The van der Waals surface area contributed by atoms with Crippen LogP contribution in [0.15, 0.2) is 47.5 Å². The minimum absolute atomic E-state index is 0.0726. The van der Waals surface area contributed by atoms with Crippen LogP contribution in [0.25, 0.3) is 17.1 Å². The average molecular weight is 576 g/mol. The van der Waals surface area contributed by atoms with Crippen LogP contribution in [0.1, 0.15) is 54.5 Å². The Kier molecular flexibility index (Phi) is 8.91. The van der Waals surface area contributed by atoms with E-state index in [-0.39, 0.29) is 11.8 Å². The molecule has 0 aliphatic carbocycles. The Labute approximate surface area is 232 Å². The predicted octanol–water partition coefficient (Wildman–Crippen LogP) is 5.26. The molecule has 1 aliphatic rings. The molecule has 0 radical (unpaired) electrons. The highest BCUT2D eigenvalue weighted by Crippen LogP contribution is 2.31. The molecule has 0 spiro atoms. The molecule has 1 amide bonds. The number of carbonyl (C=O) groups is 2. The van der Waals surface area contributed by atoms with Crippen molar-refractivity contribution in [1.82, 2.24) is 19.4 Å². The maximum Gasteiger partial charge on any atom is 0.490 e. The van der Waals surface area contributed by atoms with Crippen molar-refractivity contribution in [3.8, 4) is 17.2 Å². The van der Waals surface area contributed by atoms with Gasteiger partial charge < -0.3 is 28.7 Å². The van der Waals surface area contributed by atoms with Gasteiger partial charge in [0.1, 0.15) is 23.3 Å². The lowest BCUT2D eigenvalue weighted by Crippen LogP contribution is -2.21. The first kappa shape index (κ1) is 29.5. The number of anilines is 1. The first-order chi connectivity index (χ1) is 19.4. The van der Waals surface area contributed by atoms with Crippen molar-refractivity contribution < 1.29 is 41.8 Å². The van der Waals surface area contributed by atoms with Gasteiger partial charge in [0.05, 0.1) is 11.8 Å². The minimum Gasteiger partial charge on any atom is -0.489 e. The highest BCUT2D eigenvalue weighted by molar-refractivity contribution is 6.03. The zero-order valence-electron chi connectivity index (χ0n) is 22.4. The molecule has 11 nitrogen and oxygen atoms in total. The number of rotatable bonds is 6. The van der Waals surface area contributed by atoms with Crippen LogP contribution in [-0.4, -0.2) is 61.8 Å². The quantitative estimate of drug-likeness (QED) is 0.315. The number of amides is 1. The van der Waals surface area contributed by atoms with Crippen molar-refractivity contribution in [2.75, 3.05) is 18.5 Å². The summed E-state index contributed by atoms with van der Waals surface area (Å²) in [5, 5.41) is 10.0. The number of alkyl halides is 3. The summed E-state index contributed by atoms with van der Waals surface area (Å²) >= 11 is 0. The van der Waals surface area contributed by atoms with E-state index in [0.29, 0.717) is 23.2 Å². The van der Waals surface area contributed by atoms with Gasteiger partial charge in [0.15, 0.2) is 5.69 Å². The van der Waals surface area contributed by atoms with Gasteiger partial charge in [-0.2, -0.15) is 13.2 Å². The zero-order chi connectivity index (χ0) is 29.7. The van der Waals surface area contributed by atoms with E-state index >= 15 is 0 Å². The maximum absolute atomic E-state index is 13.0. The molecule has 4 aromatic rings. The van der Waals surface area contributed by atoms with E-state index in [4.69, 9.17) is 28.8 Å². The smallest absolute Gasteiger partial charge is 0.489 e. The van der Waals surface area contributed by atoms with E-state index in [1.807, 2.05) is 49.7 Å². The summed E-state index contributed by atoms with van der Waals surface area (Å²) in [6.07, 6.45) is 3.62. The Morgan fingerprint density at radius 1 is 1.17 bits per heavy atom. The molecule has 0 aromatic carbocycles. The first-order valence-electron chi connectivity index (χ1n) is 12.7. The fourth-order valence-corrected chi connectivity index (χ4v) is 4.05. The summed E-state index contributed by atoms with van der Waals surface area (Å²) in [5.41, 5.74) is 4.10. The number of imidazole rings is 1. The van der Waals surface area contributed by atoms with Crippen LogP contribution in [0.4, 0.5) is 18.9 Å². The van der Waals surface area contributed by atoms with Gasteiger partial charge in [-0.05, 0) is 45.7 Å². The Hall–Kier alpha value is -4.46. The van der Waals surface area contributed by atoms with E-state index in [2.05, 4.69) is 15.3 Å². The molecule has 0 atom stereocenters. The maximum atomic E-state index is 13.0. The van der Waals surface area contributed by atoms with Crippen LogP contribution in [0.5, 0.6) is 5.75 Å². The summed E-state index contributed by atoms with van der Waals surface area (Å²) in [5.74, 6) is -1.87. The van der Waals surface area contributed by atoms with Gasteiger partial charge in [0.25, 0.3) is 5.91 Å². The average Bonchev–Trinajstić information content (AvgIpc) is 3.57. The van der Waals surface area contributed by atoms with Crippen LogP contribution < -0.4 is 10.1 Å². The summed E-state index contributed by atoms with van der Waals surface area (Å²) in [4.78, 5) is 35.3. The van der Waals surface area contributed by atoms with Gasteiger partial charge in [-0.25, -0.2) is 14.8 Å². The van der Waals surface area contributed by atoms with Crippen molar-refractivity contribution in [2.24, 2.45) is 0 Å². The molecule has 0 bridgehead atoms. The molecule has 14 heteroatoms. The van der Waals surface area contributed by atoms with Gasteiger partial charge in [-0.15, -0.1) is 0 Å². The second kappa shape index (κ2) is 12.4. The van der Waals surface area contributed by atoms with E-state index in [1.54, 1.807) is 12.3 Å². The fraction of sp³-hybridized carbons (Fsp3) is 0.370. The number of hydrogen-bond acceptors (Lipinski definition) is 8. The Balaban J connectivity index is 0.000000493. The number of carbonyl (C=O) groups excluding carboxylic acids is 1. The number of nitrogens with zero attached hydrogens (tertiary/aromatic N) is 4. The Morgan fingerprint density at radius 3 is 2.51 bits per heavy atom. The molecular formula is C27H28F3N5O6. The number of oxazole rings is 1. The van der Waals surface area contributed by atoms with Gasteiger partial charge >= 0.3 is 12.1 Å². The van der Waals surface area contributed by atoms with Crippen LogP contribution in [0.3, 0.4) is 0 Å². The number of aromatic nitrogens is 4. The zero-order valence-corrected chi connectivity index (χ0v) is 22.4. The molecule has 5 heterocycles. The summed E-state index contributed by atoms with van der Waals surface area (Å²) in [6, 6.07) is 5.50. The third-order valence-electron chi connectivity index (χ3n) is 5.95. The Morgan fingerprint density at radius 2 is 1.88 bits per heavy atom. The molecule has 5 rings (SSSR count). The number of hydrogen-bond donors (Lipinski definition) is 2. The number of aliphatic carboxylic acids is 1. The molecular weight excluding hydrogens is 547 g/mol. The van der Waals surface area contributed by atoms with Crippen LogP contribution in [-0.2, 0) is 9.53 Å². The number of carboxylic acids is 1. The third kappa shape index (κ3) is 7.60. The molecule has 1 fully saturated rings. The van der Waals surface area contributed by atoms with Crippen LogP contribution in [0, 0.1) is 6.92 Å². The third-order valence-corrected chi connectivity index (χ3v) is 5.95. The minimum atomic E-state index is -5.08. The van der Waals surface area contributed by atoms with E-state index < -0.39 is 18.1 Å². The molecule has 4 aromatic heterocycles. The van der Waals surface area contributed by atoms with Gasteiger partial charge in [-0.3, -0.25) is 9.78 Å². The molecule has 2 N–H and O–H groups in total. The summed E-state index contributed by atoms with van der Waals surface area (Å²) < 4.78 is 50.7. The lowest BCUT2D eigenvalue weighted by molar-refractivity contribution is -0.192. The van der Waals surface area contributed by atoms with E-state index in [1.165, 1.54) is 6.26 Å². The van der Waals surface area contributed by atoms with E-state index in [0.717, 1.165) is 48.7 Å². The number of fused-ring (bicyclic) bond motifs is 1. The molecule has 1 saturated heterocycles. The number of pyridine rings is 2. The molecule has 0 saturated carbocycles. The van der Waals surface area contributed by atoms with Gasteiger partial charge in [0.2, 0.25) is 5.89 Å². The SMILES string of the molecule is Cc1cc(-c2nc(C(=O)Nc3cn4cc(C5CCOCC5)nc4cc3OC(C)C)co2)ccn1.O=C(O)C(F)(F)F. The molecule has 41 heavy (non-hydrogen) atoms. The molecule has 218 valence electrons.